The van der Waals surface area contributed by atoms with Crippen LogP contribution >= 0.6 is 12.2 Å². The lowest BCUT2D eigenvalue weighted by Crippen LogP contribution is -2.34. The van der Waals surface area contributed by atoms with Crippen molar-refractivity contribution in [3.63, 3.8) is 0 Å². The summed E-state index contributed by atoms with van der Waals surface area (Å²) in [6.45, 7) is 4.00. The largest absolute Gasteiger partial charge is 0.491 e. The third kappa shape index (κ3) is 5.56. The second kappa shape index (κ2) is 8.96. The van der Waals surface area contributed by atoms with Crippen LogP contribution in [0.3, 0.4) is 0 Å². The molecule has 4 N–H and O–H groups in total. The van der Waals surface area contributed by atoms with Gasteiger partial charge in [0.15, 0.2) is 5.11 Å². The number of thiocarbonyl (C=S) groups is 1. The Morgan fingerprint density at radius 1 is 1.15 bits per heavy atom. The number of nitrogens with two attached hydrogens (primary N) is 1. The molecular formula is C19H21N3O3S. The summed E-state index contributed by atoms with van der Waals surface area (Å²) in [4.78, 5) is 23.4. The van der Waals surface area contributed by atoms with E-state index in [4.69, 9.17) is 22.7 Å². The molecule has 0 aliphatic rings. The van der Waals surface area contributed by atoms with Gasteiger partial charge in [0, 0.05) is 16.8 Å². The van der Waals surface area contributed by atoms with Crippen molar-refractivity contribution >= 4 is 34.8 Å². The number of hydrogen-bond donors (Lipinski definition) is 3. The van der Waals surface area contributed by atoms with Gasteiger partial charge in [0.2, 0.25) is 5.91 Å². The van der Waals surface area contributed by atoms with Crippen LogP contribution in [0.1, 0.15) is 41.0 Å². The zero-order valence-corrected chi connectivity index (χ0v) is 15.4. The average Bonchev–Trinajstić information content (AvgIpc) is 2.62. The van der Waals surface area contributed by atoms with Crippen LogP contribution < -0.4 is 21.1 Å². The average molecular weight is 371 g/mol. The van der Waals surface area contributed by atoms with Crippen molar-refractivity contribution in [3.05, 3.63) is 59.7 Å². The quantitative estimate of drug-likeness (QED) is 0.679. The molecule has 1 atom stereocenters. The van der Waals surface area contributed by atoms with E-state index >= 15 is 0 Å². The molecule has 2 amide bonds. The lowest BCUT2D eigenvalue weighted by atomic mass is 10.2. The summed E-state index contributed by atoms with van der Waals surface area (Å²) < 4.78 is 5.72. The summed E-state index contributed by atoms with van der Waals surface area (Å²) in [6, 6.07) is 13.4. The molecule has 2 rings (SSSR count). The van der Waals surface area contributed by atoms with E-state index in [2.05, 4.69) is 10.6 Å². The normalized spacial score (nSPS) is 11.3. The van der Waals surface area contributed by atoms with Crippen LogP contribution in [0.5, 0.6) is 5.75 Å². The van der Waals surface area contributed by atoms with Crippen molar-refractivity contribution in [2.75, 3.05) is 5.32 Å². The van der Waals surface area contributed by atoms with Crippen LogP contribution in [0.15, 0.2) is 48.5 Å². The maximum Gasteiger partial charge on any atom is 0.257 e. The van der Waals surface area contributed by atoms with Crippen LogP contribution in [-0.4, -0.2) is 23.0 Å². The van der Waals surface area contributed by atoms with Crippen molar-refractivity contribution in [2.45, 2.75) is 26.4 Å². The van der Waals surface area contributed by atoms with Gasteiger partial charge in [-0.1, -0.05) is 13.0 Å². The molecule has 0 saturated heterocycles. The second-order valence-corrected chi connectivity index (χ2v) is 6.12. The maximum absolute atomic E-state index is 12.3. The molecule has 0 bridgehead atoms. The van der Waals surface area contributed by atoms with Gasteiger partial charge in [-0.15, -0.1) is 0 Å². The molecule has 2 aromatic carbocycles. The van der Waals surface area contributed by atoms with Crippen LogP contribution in [0.4, 0.5) is 5.69 Å². The number of primary amides is 1. The predicted octanol–water partition coefficient (Wildman–Crippen LogP) is 3.09. The molecule has 26 heavy (non-hydrogen) atoms. The molecule has 0 spiro atoms. The van der Waals surface area contributed by atoms with Crippen molar-refractivity contribution in [2.24, 2.45) is 5.73 Å². The van der Waals surface area contributed by atoms with E-state index < -0.39 is 5.91 Å². The van der Waals surface area contributed by atoms with Crippen LogP contribution in [0, 0.1) is 0 Å². The van der Waals surface area contributed by atoms with E-state index in [1.54, 1.807) is 48.5 Å². The first-order valence-electron chi connectivity index (χ1n) is 8.18. The lowest BCUT2D eigenvalue weighted by molar-refractivity contribution is 0.0974. The molecule has 2 aromatic rings. The molecule has 0 aromatic heterocycles. The highest BCUT2D eigenvalue weighted by molar-refractivity contribution is 7.80. The lowest BCUT2D eigenvalue weighted by Gasteiger charge is -2.14. The SMILES string of the molecule is CCC(C)Oc1cccc(C(=O)NC(=S)Nc2ccc(C(N)=O)cc2)c1. The molecular weight excluding hydrogens is 350 g/mol. The standard InChI is InChI=1S/C19H21N3O3S/c1-3-12(2)25-16-6-4-5-14(11-16)18(24)22-19(26)21-15-9-7-13(8-10-15)17(20)23/h4-12H,3H2,1-2H3,(H2,20,23)(H2,21,22,24,26). The van der Waals surface area contributed by atoms with Crippen molar-refractivity contribution < 1.29 is 14.3 Å². The monoisotopic (exact) mass is 371 g/mol. The first kappa shape index (κ1) is 19.4. The number of carbonyl (C=O) groups excluding carboxylic acids is 2. The number of amides is 2. The number of hydrogen-bond acceptors (Lipinski definition) is 4. The summed E-state index contributed by atoms with van der Waals surface area (Å²) in [6.07, 6.45) is 0.943. The predicted molar refractivity (Wildman–Crippen MR) is 105 cm³/mol. The zero-order valence-electron chi connectivity index (χ0n) is 14.6. The smallest absolute Gasteiger partial charge is 0.257 e. The number of nitrogens with one attached hydrogen (secondary N) is 2. The molecule has 136 valence electrons. The molecule has 0 heterocycles. The van der Waals surface area contributed by atoms with Gasteiger partial charge in [-0.3, -0.25) is 14.9 Å². The van der Waals surface area contributed by atoms with Crippen LogP contribution in [-0.2, 0) is 0 Å². The first-order valence-corrected chi connectivity index (χ1v) is 8.58. The van der Waals surface area contributed by atoms with Gasteiger partial charge in [-0.05, 0) is 68.0 Å². The Morgan fingerprint density at radius 3 is 2.46 bits per heavy atom. The fourth-order valence-electron chi connectivity index (χ4n) is 2.08. The number of benzene rings is 2. The molecule has 0 aliphatic heterocycles. The Bertz CT molecular complexity index is 806. The highest BCUT2D eigenvalue weighted by Gasteiger charge is 2.10. The minimum absolute atomic E-state index is 0.0689. The topological polar surface area (TPSA) is 93.4 Å². The molecule has 6 nitrogen and oxygen atoms in total. The summed E-state index contributed by atoms with van der Waals surface area (Å²) >= 11 is 5.15. The highest BCUT2D eigenvalue weighted by Crippen LogP contribution is 2.16. The minimum Gasteiger partial charge on any atom is -0.491 e. The molecule has 0 radical (unpaired) electrons. The molecule has 0 saturated carbocycles. The van der Waals surface area contributed by atoms with Crippen molar-refractivity contribution in [1.82, 2.24) is 5.32 Å². The van der Waals surface area contributed by atoms with Gasteiger partial charge in [0.25, 0.3) is 5.91 Å². The summed E-state index contributed by atoms with van der Waals surface area (Å²) in [5, 5.41) is 5.64. The molecule has 7 heteroatoms. The van der Waals surface area contributed by atoms with E-state index in [1.807, 2.05) is 13.8 Å². The van der Waals surface area contributed by atoms with E-state index in [9.17, 15) is 9.59 Å². The third-order valence-electron chi connectivity index (χ3n) is 3.66. The zero-order chi connectivity index (χ0) is 19.1. The minimum atomic E-state index is -0.507. The van der Waals surface area contributed by atoms with Crippen molar-refractivity contribution in [1.29, 1.82) is 0 Å². The number of anilines is 1. The van der Waals surface area contributed by atoms with E-state index in [-0.39, 0.29) is 17.1 Å². The van der Waals surface area contributed by atoms with Gasteiger partial charge in [-0.2, -0.15) is 0 Å². The highest BCUT2D eigenvalue weighted by atomic mass is 32.1. The summed E-state index contributed by atoms with van der Waals surface area (Å²) in [5.41, 5.74) is 6.66. The van der Waals surface area contributed by atoms with Crippen LogP contribution in [0.25, 0.3) is 0 Å². The first-order chi connectivity index (χ1) is 12.4. The number of rotatable bonds is 6. The van der Waals surface area contributed by atoms with Crippen molar-refractivity contribution in [3.8, 4) is 5.75 Å². The second-order valence-electron chi connectivity index (χ2n) is 5.71. The third-order valence-corrected chi connectivity index (χ3v) is 3.87. The van der Waals surface area contributed by atoms with Crippen LogP contribution in [0.2, 0.25) is 0 Å². The number of ether oxygens (including phenoxy) is 1. The van der Waals surface area contributed by atoms with Gasteiger partial charge in [0.05, 0.1) is 6.10 Å². The Labute approximate surface area is 157 Å². The Balaban J connectivity index is 1.97. The Kier molecular flexibility index (Phi) is 6.68. The number of carbonyl (C=O) groups is 2. The van der Waals surface area contributed by atoms with Gasteiger partial charge >= 0.3 is 0 Å². The summed E-state index contributed by atoms with van der Waals surface area (Å²) in [5.74, 6) is -0.217. The molecule has 0 aliphatic carbocycles. The Morgan fingerprint density at radius 2 is 1.85 bits per heavy atom. The van der Waals surface area contributed by atoms with E-state index in [1.165, 1.54) is 0 Å². The van der Waals surface area contributed by atoms with E-state index in [0.29, 0.717) is 22.6 Å². The molecule has 1 unspecified atom stereocenters. The summed E-state index contributed by atoms with van der Waals surface area (Å²) in [7, 11) is 0. The fourth-order valence-corrected chi connectivity index (χ4v) is 2.29. The maximum atomic E-state index is 12.3. The fraction of sp³-hybridized carbons (Fsp3) is 0.211. The van der Waals surface area contributed by atoms with Gasteiger partial charge in [-0.25, -0.2) is 0 Å². The Hall–Kier alpha value is -2.93. The van der Waals surface area contributed by atoms with E-state index in [0.717, 1.165) is 6.42 Å². The van der Waals surface area contributed by atoms with Gasteiger partial charge in [0.1, 0.15) is 5.75 Å². The molecule has 0 fully saturated rings. The van der Waals surface area contributed by atoms with Gasteiger partial charge < -0.3 is 15.8 Å².